The number of hydrogen-bond acceptors (Lipinski definition) is 5. The summed E-state index contributed by atoms with van der Waals surface area (Å²) in [5.74, 6) is 0.662. The molecular formula is C45H27N3O2. The molecule has 0 radical (unpaired) electrons. The topological polar surface area (TPSA) is 65.0 Å². The van der Waals surface area contributed by atoms with Gasteiger partial charge in [0.2, 0.25) is 0 Å². The van der Waals surface area contributed by atoms with Crippen molar-refractivity contribution in [3.8, 4) is 56.2 Å². The highest BCUT2D eigenvalue weighted by Crippen LogP contribution is 2.43. The molecule has 0 saturated heterocycles. The Kier molecular flexibility index (Phi) is 6.42. The minimum Gasteiger partial charge on any atom is -0.456 e. The number of hydrogen-bond donors (Lipinski definition) is 0. The number of fused-ring (bicyclic) bond motifs is 6. The first-order chi connectivity index (χ1) is 24.8. The van der Waals surface area contributed by atoms with Crippen LogP contribution >= 0.6 is 0 Å². The van der Waals surface area contributed by atoms with E-state index in [1.54, 1.807) is 0 Å². The Morgan fingerprint density at radius 1 is 0.380 bits per heavy atom. The van der Waals surface area contributed by atoms with Crippen molar-refractivity contribution in [2.45, 2.75) is 0 Å². The molecule has 10 aromatic rings. The van der Waals surface area contributed by atoms with Gasteiger partial charge in [0.25, 0.3) is 0 Å². The molecule has 0 aliphatic rings. The maximum atomic E-state index is 6.70. The van der Waals surface area contributed by atoms with E-state index in [0.29, 0.717) is 5.82 Å². The second-order valence-electron chi connectivity index (χ2n) is 12.4. The van der Waals surface area contributed by atoms with E-state index in [9.17, 15) is 0 Å². The fraction of sp³-hybridized carbons (Fsp3) is 0. The van der Waals surface area contributed by atoms with Gasteiger partial charge in [0.15, 0.2) is 5.82 Å². The van der Waals surface area contributed by atoms with E-state index in [1.807, 2.05) is 73.1 Å². The van der Waals surface area contributed by atoms with E-state index >= 15 is 0 Å². The zero-order valence-corrected chi connectivity index (χ0v) is 26.7. The molecule has 50 heavy (non-hydrogen) atoms. The zero-order valence-electron chi connectivity index (χ0n) is 26.7. The van der Waals surface area contributed by atoms with Crippen LogP contribution < -0.4 is 0 Å². The second-order valence-corrected chi connectivity index (χ2v) is 12.4. The summed E-state index contributed by atoms with van der Waals surface area (Å²) in [6, 6.07) is 51.8. The highest BCUT2D eigenvalue weighted by Gasteiger charge is 2.20. The smallest absolute Gasteiger partial charge is 0.160 e. The number of benzene rings is 6. The van der Waals surface area contributed by atoms with Crippen LogP contribution in [0.2, 0.25) is 0 Å². The average molecular weight is 642 g/mol. The van der Waals surface area contributed by atoms with Crippen LogP contribution in [0.15, 0.2) is 173 Å². The maximum absolute atomic E-state index is 6.70. The highest BCUT2D eigenvalue weighted by molar-refractivity contribution is 6.17. The van der Waals surface area contributed by atoms with Crippen LogP contribution in [0.5, 0.6) is 0 Å². The lowest BCUT2D eigenvalue weighted by atomic mass is 9.95. The van der Waals surface area contributed by atoms with Gasteiger partial charge in [-0.3, -0.25) is 4.98 Å². The first kappa shape index (κ1) is 28.2. The molecule has 0 unspecified atom stereocenters. The number of pyridine rings is 1. The Labute approximate surface area is 287 Å². The Hall–Kier alpha value is -6.85. The van der Waals surface area contributed by atoms with Gasteiger partial charge in [-0.05, 0) is 71.3 Å². The third-order valence-corrected chi connectivity index (χ3v) is 9.42. The van der Waals surface area contributed by atoms with Gasteiger partial charge >= 0.3 is 0 Å². The van der Waals surface area contributed by atoms with E-state index in [1.165, 1.54) is 0 Å². The number of rotatable bonds is 5. The second kappa shape index (κ2) is 11.4. The maximum Gasteiger partial charge on any atom is 0.160 e. The Morgan fingerprint density at radius 3 is 1.92 bits per heavy atom. The van der Waals surface area contributed by atoms with Crippen molar-refractivity contribution in [1.29, 1.82) is 0 Å². The fourth-order valence-electron chi connectivity index (χ4n) is 7.01. The van der Waals surface area contributed by atoms with Crippen LogP contribution in [0, 0.1) is 0 Å². The van der Waals surface area contributed by atoms with Crippen LogP contribution in [-0.4, -0.2) is 15.0 Å². The number of aromatic nitrogens is 3. The van der Waals surface area contributed by atoms with Crippen LogP contribution in [0.4, 0.5) is 0 Å². The molecule has 0 amide bonds. The van der Waals surface area contributed by atoms with Crippen molar-refractivity contribution in [3.05, 3.63) is 164 Å². The van der Waals surface area contributed by atoms with Crippen molar-refractivity contribution in [2.24, 2.45) is 0 Å². The van der Waals surface area contributed by atoms with Gasteiger partial charge in [-0.15, -0.1) is 0 Å². The Balaban J connectivity index is 1.20. The van der Waals surface area contributed by atoms with E-state index in [4.69, 9.17) is 18.8 Å². The van der Waals surface area contributed by atoms with Crippen molar-refractivity contribution in [2.75, 3.05) is 0 Å². The van der Waals surface area contributed by atoms with Crippen molar-refractivity contribution in [3.63, 3.8) is 0 Å². The van der Waals surface area contributed by atoms with Crippen LogP contribution in [0.25, 0.3) is 100 Å². The standard InChI is InChI=1S/C45H27N3O2/c1-2-9-29(10-3-1)45-47-38(32-12-8-11-30(25-32)28-21-23-46-24-22-28)27-39(48-45)35-19-18-33(44-43(35)36-14-5-7-16-41(36)50-44)31-17-20-42-37(26-31)34-13-4-6-15-40(34)49-42/h1-27H. The molecular weight excluding hydrogens is 615 g/mol. The summed E-state index contributed by atoms with van der Waals surface area (Å²) >= 11 is 0. The largest absolute Gasteiger partial charge is 0.456 e. The molecule has 0 fully saturated rings. The lowest BCUT2D eigenvalue weighted by Crippen LogP contribution is -1.96. The lowest BCUT2D eigenvalue weighted by molar-refractivity contribution is 0.668. The molecule has 4 aromatic heterocycles. The molecule has 5 heteroatoms. The number of nitrogens with zero attached hydrogens (tertiary/aromatic N) is 3. The summed E-state index contributed by atoms with van der Waals surface area (Å²) in [4.78, 5) is 14.5. The summed E-state index contributed by atoms with van der Waals surface area (Å²) in [5.41, 5.74) is 12.2. The monoisotopic (exact) mass is 641 g/mol. The normalized spacial score (nSPS) is 11.6. The van der Waals surface area contributed by atoms with Gasteiger partial charge in [0.05, 0.1) is 11.4 Å². The molecule has 0 saturated carbocycles. The van der Waals surface area contributed by atoms with Crippen molar-refractivity contribution < 1.29 is 8.83 Å². The number of para-hydroxylation sites is 2. The molecule has 10 rings (SSSR count). The molecule has 0 atom stereocenters. The van der Waals surface area contributed by atoms with Crippen molar-refractivity contribution >= 4 is 43.9 Å². The quantitative estimate of drug-likeness (QED) is 0.187. The summed E-state index contributed by atoms with van der Waals surface area (Å²) in [6.45, 7) is 0. The van der Waals surface area contributed by atoms with E-state index in [-0.39, 0.29) is 0 Å². The molecule has 234 valence electrons. The third-order valence-electron chi connectivity index (χ3n) is 9.42. The molecule has 0 bridgehead atoms. The number of furan rings is 2. The van der Waals surface area contributed by atoms with E-state index < -0.39 is 0 Å². The third kappa shape index (κ3) is 4.67. The summed E-state index contributed by atoms with van der Waals surface area (Å²) in [6.07, 6.45) is 3.63. The zero-order chi connectivity index (χ0) is 33.0. The Morgan fingerprint density at radius 2 is 1.06 bits per heavy atom. The van der Waals surface area contributed by atoms with E-state index in [2.05, 4.69) is 96.0 Å². The van der Waals surface area contributed by atoms with Crippen LogP contribution in [0.1, 0.15) is 0 Å². The van der Waals surface area contributed by atoms with E-state index in [0.717, 1.165) is 94.2 Å². The first-order valence-electron chi connectivity index (χ1n) is 16.6. The molecule has 6 aromatic carbocycles. The minimum atomic E-state index is 0.662. The average Bonchev–Trinajstić information content (AvgIpc) is 3.77. The molecule has 0 spiro atoms. The summed E-state index contributed by atoms with van der Waals surface area (Å²) in [5, 5.41) is 4.23. The Bertz CT molecular complexity index is 2870. The SMILES string of the molecule is c1ccc(-c2nc(-c3cccc(-c4ccncc4)c3)cc(-c3ccc(-c4ccc5oc6ccccc6c5c4)c4oc5ccccc5c34)n2)cc1. The molecule has 0 aliphatic carbocycles. The predicted octanol–water partition coefficient (Wildman–Crippen LogP) is 12.0. The molecule has 4 heterocycles. The summed E-state index contributed by atoms with van der Waals surface area (Å²) < 4.78 is 12.8. The fourth-order valence-corrected chi connectivity index (χ4v) is 7.01. The van der Waals surface area contributed by atoms with Gasteiger partial charge in [0, 0.05) is 56.2 Å². The van der Waals surface area contributed by atoms with Gasteiger partial charge in [0.1, 0.15) is 22.3 Å². The summed E-state index contributed by atoms with van der Waals surface area (Å²) in [7, 11) is 0. The predicted molar refractivity (Wildman–Crippen MR) is 202 cm³/mol. The lowest BCUT2D eigenvalue weighted by Gasteiger charge is -2.12. The molecule has 0 aliphatic heterocycles. The van der Waals surface area contributed by atoms with Gasteiger partial charge in [-0.1, -0.05) is 97.1 Å². The minimum absolute atomic E-state index is 0.662. The van der Waals surface area contributed by atoms with Gasteiger partial charge in [-0.25, -0.2) is 9.97 Å². The van der Waals surface area contributed by atoms with Gasteiger partial charge < -0.3 is 8.83 Å². The molecule has 5 nitrogen and oxygen atoms in total. The van der Waals surface area contributed by atoms with Gasteiger partial charge in [-0.2, -0.15) is 0 Å². The first-order valence-corrected chi connectivity index (χ1v) is 16.6. The van der Waals surface area contributed by atoms with Crippen LogP contribution in [-0.2, 0) is 0 Å². The molecule has 0 N–H and O–H groups in total. The van der Waals surface area contributed by atoms with Crippen LogP contribution in [0.3, 0.4) is 0 Å². The highest BCUT2D eigenvalue weighted by atomic mass is 16.3. The van der Waals surface area contributed by atoms with Crippen molar-refractivity contribution in [1.82, 2.24) is 15.0 Å².